The Morgan fingerprint density at radius 2 is 2.22 bits per heavy atom. The SMILES string of the molecule is CO[C@@]12CCC(=O)C3Oc4c(O)ccc5c4[C@@]31CCN(C)[C@@H]2C5. The van der Waals surface area contributed by atoms with Gasteiger partial charge in [0.25, 0.3) is 0 Å². The van der Waals surface area contributed by atoms with Crippen molar-refractivity contribution < 1.29 is 19.4 Å². The van der Waals surface area contributed by atoms with Crippen LogP contribution in [0.25, 0.3) is 0 Å². The number of likely N-dealkylation sites (N-methyl/N-ethyl adjacent to an activating group) is 1. The molecule has 0 radical (unpaired) electrons. The Balaban J connectivity index is 1.88. The molecule has 1 N–H and O–H groups in total. The minimum atomic E-state index is -0.519. The van der Waals surface area contributed by atoms with E-state index in [1.807, 2.05) is 6.07 Å². The van der Waals surface area contributed by atoms with Gasteiger partial charge in [0.15, 0.2) is 23.4 Å². The van der Waals surface area contributed by atoms with Crippen LogP contribution in [-0.4, -0.2) is 54.2 Å². The smallest absolute Gasteiger partial charge is 0.174 e. The number of hydrogen-bond acceptors (Lipinski definition) is 5. The number of Topliss-reactive ketones (excluding diaryl/α,β-unsaturated/α-hetero) is 1. The van der Waals surface area contributed by atoms with Crippen molar-refractivity contribution >= 4 is 5.78 Å². The summed E-state index contributed by atoms with van der Waals surface area (Å²) in [7, 11) is 3.92. The van der Waals surface area contributed by atoms with Crippen LogP contribution in [0.2, 0.25) is 0 Å². The van der Waals surface area contributed by atoms with Gasteiger partial charge in [-0.15, -0.1) is 0 Å². The molecule has 0 aromatic heterocycles. The summed E-state index contributed by atoms with van der Waals surface area (Å²) in [4.78, 5) is 15.1. The summed E-state index contributed by atoms with van der Waals surface area (Å²) in [5.41, 5.74) is 1.38. The van der Waals surface area contributed by atoms with Gasteiger partial charge in [-0.25, -0.2) is 0 Å². The summed E-state index contributed by atoms with van der Waals surface area (Å²) in [5, 5.41) is 10.3. The maximum Gasteiger partial charge on any atom is 0.174 e. The molecule has 5 rings (SSSR count). The molecule has 1 saturated carbocycles. The summed E-state index contributed by atoms with van der Waals surface area (Å²) in [6.07, 6.45) is 2.39. The number of ketones is 1. The lowest BCUT2D eigenvalue weighted by Gasteiger charge is -2.63. The zero-order valence-electron chi connectivity index (χ0n) is 13.5. The Labute approximate surface area is 135 Å². The van der Waals surface area contributed by atoms with Gasteiger partial charge in [0, 0.05) is 25.1 Å². The average molecular weight is 315 g/mol. The highest BCUT2D eigenvalue weighted by Gasteiger charge is 2.73. The van der Waals surface area contributed by atoms with E-state index in [-0.39, 0.29) is 17.6 Å². The third kappa shape index (κ3) is 1.28. The van der Waals surface area contributed by atoms with E-state index in [0.717, 1.165) is 31.4 Å². The van der Waals surface area contributed by atoms with Gasteiger partial charge < -0.3 is 19.5 Å². The summed E-state index contributed by atoms with van der Waals surface area (Å²) in [6, 6.07) is 3.93. The number of methoxy groups -OCH3 is 1. The van der Waals surface area contributed by atoms with Crippen LogP contribution in [0.3, 0.4) is 0 Å². The number of carbonyl (C=O) groups is 1. The van der Waals surface area contributed by atoms with Gasteiger partial charge in [-0.05, 0) is 44.5 Å². The predicted octanol–water partition coefficient (Wildman–Crippen LogP) is 1.40. The molecule has 2 aliphatic heterocycles. The number of rotatable bonds is 1. The molecule has 0 amide bonds. The number of benzene rings is 1. The van der Waals surface area contributed by atoms with Crippen molar-refractivity contribution in [2.24, 2.45) is 0 Å². The molecule has 1 saturated heterocycles. The van der Waals surface area contributed by atoms with Gasteiger partial charge >= 0.3 is 0 Å². The van der Waals surface area contributed by atoms with E-state index in [4.69, 9.17) is 9.47 Å². The number of phenolic OH excluding ortho intramolecular Hbond substituents is 1. The third-order valence-corrected chi connectivity index (χ3v) is 6.85. The highest BCUT2D eigenvalue weighted by atomic mass is 16.5. The van der Waals surface area contributed by atoms with Crippen LogP contribution in [0.1, 0.15) is 30.4 Å². The van der Waals surface area contributed by atoms with Crippen molar-refractivity contribution in [3.63, 3.8) is 0 Å². The van der Waals surface area contributed by atoms with Gasteiger partial charge in [0.2, 0.25) is 0 Å². The molecule has 4 aliphatic rings. The maximum absolute atomic E-state index is 12.7. The molecule has 2 heterocycles. The average Bonchev–Trinajstić information content (AvgIpc) is 2.91. The van der Waals surface area contributed by atoms with Crippen molar-refractivity contribution in [2.45, 2.75) is 48.8 Å². The number of ether oxygens (including phenoxy) is 2. The second-order valence-corrected chi connectivity index (χ2v) is 7.43. The maximum atomic E-state index is 12.7. The molecular formula is C18H21NO4. The number of hydrogen-bond donors (Lipinski definition) is 1. The first-order chi connectivity index (χ1) is 11.0. The molecule has 1 spiro atoms. The quantitative estimate of drug-likeness (QED) is 0.849. The number of piperidine rings is 1. The third-order valence-electron chi connectivity index (χ3n) is 6.85. The molecule has 4 atom stereocenters. The van der Waals surface area contributed by atoms with Crippen LogP contribution in [0.5, 0.6) is 11.5 Å². The number of nitrogens with zero attached hydrogens (tertiary/aromatic N) is 1. The Hall–Kier alpha value is -1.59. The first-order valence-electron chi connectivity index (χ1n) is 8.35. The minimum absolute atomic E-state index is 0.141. The number of phenols is 1. The predicted molar refractivity (Wildman–Crippen MR) is 82.9 cm³/mol. The Morgan fingerprint density at radius 3 is 3.00 bits per heavy atom. The standard InChI is InChI=1S/C18H21NO4/c1-19-8-7-17-14-10-3-4-11(20)15(14)23-16(17)12(21)5-6-18(17,22-2)13(19)9-10/h3-4,13,16,20H,5-9H2,1-2H3/t13-,16?,17+,18-/m1/s1. The van der Waals surface area contributed by atoms with E-state index in [1.165, 1.54) is 5.56 Å². The van der Waals surface area contributed by atoms with Crippen molar-refractivity contribution in [3.05, 3.63) is 23.3 Å². The topological polar surface area (TPSA) is 59.0 Å². The number of aromatic hydroxyl groups is 1. The molecule has 2 aliphatic carbocycles. The van der Waals surface area contributed by atoms with Crippen molar-refractivity contribution in [3.8, 4) is 11.5 Å². The molecule has 2 bridgehead atoms. The molecule has 122 valence electrons. The second-order valence-electron chi connectivity index (χ2n) is 7.43. The summed E-state index contributed by atoms with van der Waals surface area (Å²) in [6.45, 7) is 0.914. The monoisotopic (exact) mass is 315 g/mol. The number of carbonyl (C=O) groups excluding carboxylic acids is 1. The molecular weight excluding hydrogens is 294 g/mol. The Kier molecular flexibility index (Phi) is 2.45. The lowest BCUT2D eigenvalue weighted by atomic mass is 9.49. The van der Waals surface area contributed by atoms with Gasteiger partial charge in [0.05, 0.1) is 11.0 Å². The van der Waals surface area contributed by atoms with E-state index in [2.05, 4.69) is 11.9 Å². The normalized spacial score (nSPS) is 40.7. The van der Waals surface area contributed by atoms with Gasteiger partial charge in [0.1, 0.15) is 0 Å². The molecule has 23 heavy (non-hydrogen) atoms. The first kappa shape index (κ1) is 13.8. The summed E-state index contributed by atoms with van der Waals surface area (Å²) in [5.74, 6) is 0.805. The molecule has 1 aromatic rings. The largest absolute Gasteiger partial charge is 0.504 e. The second kappa shape index (κ2) is 4.08. The summed E-state index contributed by atoms with van der Waals surface area (Å²) >= 11 is 0. The molecule has 1 aromatic carbocycles. The highest BCUT2D eigenvalue weighted by molar-refractivity contribution is 5.90. The zero-order chi connectivity index (χ0) is 16.0. The van der Waals surface area contributed by atoms with Gasteiger partial charge in [-0.2, -0.15) is 0 Å². The number of likely N-dealkylation sites (tertiary alicyclic amines) is 1. The Morgan fingerprint density at radius 1 is 1.39 bits per heavy atom. The van der Waals surface area contributed by atoms with Gasteiger partial charge in [-0.1, -0.05) is 6.07 Å². The van der Waals surface area contributed by atoms with Crippen LogP contribution in [-0.2, 0) is 21.4 Å². The Bertz CT molecular complexity index is 732. The van der Waals surface area contributed by atoms with Crippen molar-refractivity contribution in [2.75, 3.05) is 20.7 Å². The van der Waals surface area contributed by atoms with E-state index in [0.29, 0.717) is 12.2 Å². The lowest BCUT2D eigenvalue weighted by molar-refractivity contribution is -0.198. The van der Waals surface area contributed by atoms with Gasteiger partial charge in [-0.3, -0.25) is 4.79 Å². The van der Waals surface area contributed by atoms with Crippen LogP contribution in [0, 0.1) is 0 Å². The fourth-order valence-corrected chi connectivity index (χ4v) is 5.92. The highest BCUT2D eigenvalue weighted by Crippen LogP contribution is 2.65. The fourth-order valence-electron chi connectivity index (χ4n) is 5.92. The first-order valence-corrected chi connectivity index (χ1v) is 8.35. The molecule has 5 nitrogen and oxygen atoms in total. The molecule has 2 fully saturated rings. The fraction of sp³-hybridized carbons (Fsp3) is 0.611. The van der Waals surface area contributed by atoms with Crippen LogP contribution in [0.15, 0.2) is 12.1 Å². The van der Waals surface area contributed by atoms with Crippen LogP contribution >= 0.6 is 0 Å². The molecule has 5 heteroatoms. The van der Waals surface area contributed by atoms with Crippen molar-refractivity contribution in [1.29, 1.82) is 0 Å². The van der Waals surface area contributed by atoms with Crippen molar-refractivity contribution in [1.82, 2.24) is 4.90 Å². The van der Waals surface area contributed by atoms with Crippen LogP contribution < -0.4 is 4.74 Å². The van der Waals surface area contributed by atoms with E-state index in [1.54, 1.807) is 13.2 Å². The van der Waals surface area contributed by atoms with E-state index >= 15 is 0 Å². The minimum Gasteiger partial charge on any atom is -0.504 e. The summed E-state index contributed by atoms with van der Waals surface area (Å²) < 4.78 is 12.3. The lowest BCUT2D eigenvalue weighted by Crippen LogP contribution is -2.76. The van der Waals surface area contributed by atoms with Crippen LogP contribution in [0.4, 0.5) is 0 Å². The van der Waals surface area contributed by atoms with E-state index < -0.39 is 17.1 Å². The zero-order valence-corrected chi connectivity index (χ0v) is 13.5. The van der Waals surface area contributed by atoms with E-state index in [9.17, 15) is 9.90 Å². The molecule has 1 unspecified atom stereocenters.